The second-order valence-corrected chi connectivity index (χ2v) is 6.78. The van der Waals surface area contributed by atoms with Crippen molar-refractivity contribution in [2.75, 3.05) is 12.4 Å². The molecule has 140 valence electrons. The number of para-hydroxylation sites is 1. The molecule has 0 bridgehead atoms. The summed E-state index contributed by atoms with van der Waals surface area (Å²) in [6.07, 6.45) is 4.86. The Balaban J connectivity index is 1.56. The second kappa shape index (κ2) is 7.70. The topological polar surface area (TPSA) is 76.2 Å². The van der Waals surface area contributed by atoms with Gasteiger partial charge in [-0.05, 0) is 49.9 Å². The molecule has 1 aromatic heterocycles. The minimum Gasteiger partial charge on any atom is -0.497 e. The van der Waals surface area contributed by atoms with Gasteiger partial charge in [-0.1, -0.05) is 12.1 Å². The molecule has 0 amide bonds. The zero-order valence-electron chi connectivity index (χ0n) is 15.3. The number of ether oxygens (including phenoxy) is 2. The van der Waals surface area contributed by atoms with Crippen LogP contribution < -0.4 is 20.3 Å². The molecule has 1 heterocycles. The lowest BCUT2D eigenvalue weighted by Gasteiger charge is -2.18. The van der Waals surface area contributed by atoms with E-state index < -0.39 is 0 Å². The Morgan fingerprint density at radius 2 is 2.00 bits per heavy atom. The molecule has 4 rings (SSSR count). The van der Waals surface area contributed by atoms with Crippen LogP contribution in [-0.4, -0.2) is 23.2 Å². The van der Waals surface area contributed by atoms with Gasteiger partial charge in [0, 0.05) is 18.2 Å². The van der Waals surface area contributed by atoms with Crippen LogP contribution in [0, 0.1) is 0 Å². The van der Waals surface area contributed by atoms with Gasteiger partial charge in [0.25, 0.3) is 5.56 Å². The van der Waals surface area contributed by atoms with E-state index in [9.17, 15) is 4.79 Å². The van der Waals surface area contributed by atoms with E-state index in [1.807, 2.05) is 36.4 Å². The molecule has 2 aromatic carbocycles. The maximum absolute atomic E-state index is 12.2. The molecule has 1 saturated carbocycles. The minimum atomic E-state index is -0.153. The largest absolute Gasteiger partial charge is 0.497 e. The Labute approximate surface area is 157 Å². The van der Waals surface area contributed by atoms with Crippen molar-refractivity contribution in [2.24, 2.45) is 0 Å². The van der Waals surface area contributed by atoms with E-state index in [-0.39, 0.29) is 11.7 Å². The van der Waals surface area contributed by atoms with E-state index in [0.29, 0.717) is 23.4 Å². The molecule has 0 aliphatic heterocycles. The Morgan fingerprint density at radius 1 is 1.19 bits per heavy atom. The molecule has 27 heavy (non-hydrogen) atoms. The Hall–Kier alpha value is -3.02. The van der Waals surface area contributed by atoms with Crippen LogP contribution >= 0.6 is 0 Å². The van der Waals surface area contributed by atoms with Gasteiger partial charge in [0.2, 0.25) is 5.95 Å². The molecule has 6 nitrogen and oxygen atoms in total. The minimum absolute atomic E-state index is 0.153. The maximum Gasteiger partial charge on any atom is 0.260 e. The van der Waals surface area contributed by atoms with E-state index >= 15 is 0 Å². The molecule has 1 fully saturated rings. The highest BCUT2D eigenvalue weighted by Crippen LogP contribution is 2.30. The normalized spacial score (nSPS) is 14.4. The molecule has 2 N–H and O–H groups in total. The lowest BCUT2D eigenvalue weighted by Crippen LogP contribution is -2.15. The average molecular weight is 365 g/mol. The van der Waals surface area contributed by atoms with Crippen LogP contribution in [0.1, 0.15) is 31.2 Å². The fourth-order valence-electron chi connectivity index (χ4n) is 3.45. The molecule has 0 spiro atoms. The number of H-pyrrole nitrogens is 1. The van der Waals surface area contributed by atoms with Crippen molar-refractivity contribution in [3.05, 3.63) is 58.4 Å². The monoisotopic (exact) mass is 365 g/mol. The number of benzene rings is 2. The number of fused-ring (bicyclic) bond motifs is 1. The van der Waals surface area contributed by atoms with Gasteiger partial charge in [0.05, 0.1) is 24.1 Å². The van der Waals surface area contributed by atoms with Gasteiger partial charge in [0.15, 0.2) is 0 Å². The molecular formula is C21H23N3O3. The first-order valence-electron chi connectivity index (χ1n) is 9.29. The lowest BCUT2D eigenvalue weighted by molar-refractivity contribution is 0.207. The number of hydrogen-bond donors (Lipinski definition) is 2. The summed E-state index contributed by atoms with van der Waals surface area (Å²) in [5.74, 6) is 2.03. The summed E-state index contributed by atoms with van der Waals surface area (Å²) in [6.45, 7) is 0.493. The average Bonchev–Trinajstić information content (AvgIpc) is 3.20. The molecule has 1 aliphatic rings. The van der Waals surface area contributed by atoms with Crippen molar-refractivity contribution in [1.29, 1.82) is 0 Å². The number of methoxy groups -OCH3 is 1. The van der Waals surface area contributed by atoms with Crippen LogP contribution in [0.25, 0.3) is 10.9 Å². The molecule has 0 unspecified atom stereocenters. The van der Waals surface area contributed by atoms with Crippen molar-refractivity contribution in [3.63, 3.8) is 0 Å². The van der Waals surface area contributed by atoms with E-state index in [0.717, 1.165) is 29.9 Å². The molecule has 0 saturated heterocycles. The van der Waals surface area contributed by atoms with Crippen molar-refractivity contribution < 1.29 is 9.47 Å². The number of rotatable bonds is 6. The lowest BCUT2D eigenvalue weighted by atomic mass is 10.2. The van der Waals surface area contributed by atoms with Crippen LogP contribution in [-0.2, 0) is 6.54 Å². The number of aromatic amines is 1. The number of aromatic nitrogens is 2. The summed E-state index contributed by atoms with van der Waals surface area (Å²) in [5.41, 5.74) is 1.51. The van der Waals surface area contributed by atoms with Gasteiger partial charge in [-0.3, -0.25) is 9.78 Å². The van der Waals surface area contributed by atoms with E-state index in [2.05, 4.69) is 15.3 Å². The molecule has 3 aromatic rings. The number of hydrogen-bond acceptors (Lipinski definition) is 5. The van der Waals surface area contributed by atoms with Gasteiger partial charge < -0.3 is 14.8 Å². The highest BCUT2D eigenvalue weighted by atomic mass is 16.5. The predicted molar refractivity (Wildman–Crippen MR) is 106 cm³/mol. The molecule has 0 radical (unpaired) electrons. The van der Waals surface area contributed by atoms with E-state index in [4.69, 9.17) is 9.47 Å². The fourth-order valence-corrected chi connectivity index (χ4v) is 3.45. The highest BCUT2D eigenvalue weighted by Gasteiger charge is 2.18. The van der Waals surface area contributed by atoms with Crippen molar-refractivity contribution in [2.45, 2.75) is 38.3 Å². The van der Waals surface area contributed by atoms with Gasteiger partial charge in [-0.25, -0.2) is 4.98 Å². The summed E-state index contributed by atoms with van der Waals surface area (Å²) in [6, 6.07) is 13.1. The first-order valence-corrected chi connectivity index (χ1v) is 9.29. The second-order valence-electron chi connectivity index (χ2n) is 6.78. The van der Waals surface area contributed by atoms with Gasteiger partial charge >= 0.3 is 0 Å². The Morgan fingerprint density at radius 3 is 2.81 bits per heavy atom. The molecule has 1 aliphatic carbocycles. The number of nitrogens with zero attached hydrogens (tertiary/aromatic N) is 1. The third-order valence-corrected chi connectivity index (χ3v) is 4.93. The van der Waals surface area contributed by atoms with Gasteiger partial charge in [0.1, 0.15) is 11.5 Å². The fraction of sp³-hybridized carbons (Fsp3) is 0.333. The molecule has 6 heteroatoms. The summed E-state index contributed by atoms with van der Waals surface area (Å²) >= 11 is 0. The quantitative estimate of drug-likeness (QED) is 0.694. The van der Waals surface area contributed by atoms with Crippen molar-refractivity contribution in [3.8, 4) is 11.5 Å². The van der Waals surface area contributed by atoms with Crippen LogP contribution in [0.2, 0.25) is 0 Å². The van der Waals surface area contributed by atoms with E-state index in [1.165, 1.54) is 12.8 Å². The van der Waals surface area contributed by atoms with Gasteiger partial charge in [-0.15, -0.1) is 0 Å². The van der Waals surface area contributed by atoms with Crippen molar-refractivity contribution in [1.82, 2.24) is 9.97 Å². The highest BCUT2D eigenvalue weighted by molar-refractivity contribution is 5.78. The Bertz CT molecular complexity index is 993. The summed E-state index contributed by atoms with van der Waals surface area (Å²) in [7, 11) is 1.65. The van der Waals surface area contributed by atoms with Crippen molar-refractivity contribution >= 4 is 16.9 Å². The van der Waals surface area contributed by atoms with Crippen LogP contribution in [0.5, 0.6) is 11.5 Å². The number of anilines is 1. The molecule has 0 atom stereocenters. The smallest absolute Gasteiger partial charge is 0.260 e. The predicted octanol–water partition coefficient (Wildman–Crippen LogP) is 3.87. The summed E-state index contributed by atoms with van der Waals surface area (Å²) in [4.78, 5) is 19.5. The standard InChI is InChI=1S/C21H23N3O3/c1-26-16-11-10-14(19(12-16)27-15-6-2-3-7-15)13-22-21-23-18-9-5-4-8-17(18)20(25)24-21/h4-5,8-12,15H,2-3,6-7,13H2,1H3,(H2,22,23,24,25). The van der Waals surface area contributed by atoms with Crippen LogP contribution in [0.15, 0.2) is 47.3 Å². The zero-order valence-corrected chi connectivity index (χ0v) is 15.3. The summed E-state index contributed by atoms with van der Waals surface area (Å²) in [5, 5.41) is 3.79. The zero-order chi connectivity index (χ0) is 18.6. The van der Waals surface area contributed by atoms with Gasteiger partial charge in [-0.2, -0.15) is 0 Å². The molecular weight excluding hydrogens is 342 g/mol. The Kier molecular flexibility index (Phi) is 4.96. The maximum atomic E-state index is 12.2. The summed E-state index contributed by atoms with van der Waals surface area (Å²) < 4.78 is 11.6. The van der Waals surface area contributed by atoms with Crippen LogP contribution in [0.3, 0.4) is 0 Å². The first kappa shape index (κ1) is 17.4. The van der Waals surface area contributed by atoms with Crippen LogP contribution in [0.4, 0.5) is 5.95 Å². The first-order chi connectivity index (χ1) is 13.2. The SMILES string of the molecule is COc1ccc(CNc2nc3ccccc3c(=O)[nH]2)c(OC2CCCC2)c1. The third kappa shape index (κ3) is 3.89. The third-order valence-electron chi connectivity index (χ3n) is 4.93. The van der Waals surface area contributed by atoms with E-state index in [1.54, 1.807) is 13.2 Å². The number of nitrogens with one attached hydrogen (secondary N) is 2.